The van der Waals surface area contributed by atoms with Gasteiger partial charge in [0.25, 0.3) is 0 Å². The summed E-state index contributed by atoms with van der Waals surface area (Å²) in [5.74, 6) is 0. The van der Waals surface area contributed by atoms with Gasteiger partial charge >= 0.3 is 6.03 Å². The zero-order valence-electron chi connectivity index (χ0n) is 12.6. The Morgan fingerprint density at radius 3 is 2.38 bits per heavy atom. The van der Waals surface area contributed by atoms with Gasteiger partial charge in [-0.25, -0.2) is 4.79 Å². The van der Waals surface area contributed by atoms with E-state index in [1.165, 1.54) is 16.7 Å². The summed E-state index contributed by atoms with van der Waals surface area (Å²) in [6.07, 6.45) is 0.845. The van der Waals surface area contributed by atoms with Crippen LogP contribution in [0.5, 0.6) is 0 Å². The van der Waals surface area contributed by atoms with Crippen molar-refractivity contribution in [2.45, 2.75) is 26.8 Å². The van der Waals surface area contributed by atoms with Crippen molar-refractivity contribution in [2.75, 3.05) is 6.54 Å². The van der Waals surface area contributed by atoms with Gasteiger partial charge in [-0.1, -0.05) is 54.1 Å². The summed E-state index contributed by atoms with van der Waals surface area (Å²) in [4.78, 5) is 11.7. The Morgan fingerprint density at radius 2 is 1.67 bits per heavy atom. The molecule has 0 heterocycles. The highest BCUT2D eigenvalue weighted by Gasteiger charge is 2.02. The van der Waals surface area contributed by atoms with Crippen molar-refractivity contribution in [3.63, 3.8) is 0 Å². The standard InChI is InChI=1S/C18H22N2O/c1-14-7-9-16(10-8-14)11-12-19-18(21)20-13-17-6-4-3-5-15(17)2/h3-10H,11-13H2,1-2H3,(H2,19,20,21). The molecule has 2 N–H and O–H groups in total. The van der Waals surface area contributed by atoms with Crippen LogP contribution >= 0.6 is 0 Å². The quantitative estimate of drug-likeness (QED) is 0.867. The van der Waals surface area contributed by atoms with Crippen LogP contribution in [-0.4, -0.2) is 12.6 Å². The van der Waals surface area contributed by atoms with Gasteiger partial charge in [0.05, 0.1) is 0 Å². The molecule has 0 spiro atoms. The summed E-state index contributed by atoms with van der Waals surface area (Å²) < 4.78 is 0. The summed E-state index contributed by atoms with van der Waals surface area (Å²) in [5.41, 5.74) is 4.83. The van der Waals surface area contributed by atoms with Gasteiger partial charge in [0.2, 0.25) is 0 Å². The average molecular weight is 282 g/mol. The molecule has 0 radical (unpaired) electrons. The van der Waals surface area contributed by atoms with Gasteiger partial charge in [-0.05, 0) is 37.0 Å². The van der Waals surface area contributed by atoms with E-state index in [1.54, 1.807) is 0 Å². The molecule has 0 aliphatic rings. The third kappa shape index (κ3) is 4.95. The van der Waals surface area contributed by atoms with Crippen molar-refractivity contribution in [2.24, 2.45) is 0 Å². The van der Waals surface area contributed by atoms with Crippen LogP contribution in [0.3, 0.4) is 0 Å². The number of carbonyl (C=O) groups is 1. The molecule has 3 nitrogen and oxygen atoms in total. The predicted molar refractivity (Wildman–Crippen MR) is 86.3 cm³/mol. The van der Waals surface area contributed by atoms with E-state index in [-0.39, 0.29) is 6.03 Å². The van der Waals surface area contributed by atoms with Gasteiger partial charge in [0.1, 0.15) is 0 Å². The lowest BCUT2D eigenvalue weighted by Crippen LogP contribution is -2.36. The first-order valence-electron chi connectivity index (χ1n) is 7.27. The highest BCUT2D eigenvalue weighted by atomic mass is 16.2. The molecule has 2 rings (SSSR count). The number of rotatable bonds is 5. The molecular weight excluding hydrogens is 260 g/mol. The molecule has 2 aromatic carbocycles. The van der Waals surface area contributed by atoms with Gasteiger partial charge in [-0.15, -0.1) is 0 Å². The number of urea groups is 1. The van der Waals surface area contributed by atoms with Crippen molar-refractivity contribution in [3.05, 3.63) is 70.8 Å². The molecule has 0 saturated carbocycles. The molecule has 110 valence electrons. The molecular formula is C18H22N2O. The first-order chi connectivity index (χ1) is 10.1. The second-order valence-electron chi connectivity index (χ2n) is 5.27. The Morgan fingerprint density at radius 1 is 0.952 bits per heavy atom. The van der Waals surface area contributed by atoms with Crippen molar-refractivity contribution in [3.8, 4) is 0 Å². The molecule has 2 amide bonds. The molecule has 0 atom stereocenters. The van der Waals surface area contributed by atoms with Crippen molar-refractivity contribution in [1.82, 2.24) is 10.6 Å². The van der Waals surface area contributed by atoms with Gasteiger partial charge in [-0.2, -0.15) is 0 Å². The summed E-state index contributed by atoms with van der Waals surface area (Å²) in [7, 11) is 0. The van der Waals surface area contributed by atoms with E-state index in [4.69, 9.17) is 0 Å². The second-order valence-corrected chi connectivity index (χ2v) is 5.27. The molecule has 2 aromatic rings. The highest BCUT2D eigenvalue weighted by Crippen LogP contribution is 2.06. The van der Waals surface area contributed by atoms with E-state index in [2.05, 4.69) is 41.8 Å². The molecule has 0 bridgehead atoms. The van der Waals surface area contributed by atoms with Crippen LogP contribution in [0.2, 0.25) is 0 Å². The minimum atomic E-state index is -0.120. The minimum Gasteiger partial charge on any atom is -0.338 e. The number of benzene rings is 2. The highest BCUT2D eigenvalue weighted by molar-refractivity contribution is 5.73. The minimum absolute atomic E-state index is 0.120. The van der Waals surface area contributed by atoms with Crippen LogP contribution in [0.1, 0.15) is 22.3 Å². The Hall–Kier alpha value is -2.29. The molecule has 21 heavy (non-hydrogen) atoms. The Kier molecular flexibility index (Phi) is 5.38. The number of amides is 2. The first-order valence-corrected chi connectivity index (χ1v) is 7.27. The molecule has 3 heteroatoms. The second kappa shape index (κ2) is 7.48. The van der Waals surface area contributed by atoms with Crippen LogP contribution in [0.15, 0.2) is 48.5 Å². The van der Waals surface area contributed by atoms with E-state index >= 15 is 0 Å². The fourth-order valence-corrected chi connectivity index (χ4v) is 2.12. The number of nitrogens with one attached hydrogen (secondary N) is 2. The summed E-state index contributed by atoms with van der Waals surface area (Å²) >= 11 is 0. The van der Waals surface area contributed by atoms with Gasteiger partial charge in [0, 0.05) is 13.1 Å². The van der Waals surface area contributed by atoms with Crippen LogP contribution in [0, 0.1) is 13.8 Å². The largest absolute Gasteiger partial charge is 0.338 e. The number of aryl methyl sites for hydroxylation is 2. The van der Waals surface area contributed by atoms with E-state index < -0.39 is 0 Å². The summed E-state index contributed by atoms with van der Waals surface area (Å²) in [6.45, 7) is 5.32. The number of hydrogen-bond acceptors (Lipinski definition) is 1. The monoisotopic (exact) mass is 282 g/mol. The van der Waals surface area contributed by atoms with Crippen molar-refractivity contribution < 1.29 is 4.79 Å². The molecule has 0 unspecified atom stereocenters. The van der Waals surface area contributed by atoms with Crippen LogP contribution in [-0.2, 0) is 13.0 Å². The molecule has 0 saturated heterocycles. The van der Waals surface area contributed by atoms with E-state index in [0.717, 1.165) is 12.0 Å². The zero-order valence-corrected chi connectivity index (χ0v) is 12.6. The fourth-order valence-electron chi connectivity index (χ4n) is 2.12. The average Bonchev–Trinajstić information content (AvgIpc) is 2.48. The number of hydrogen-bond donors (Lipinski definition) is 2. The molecule has 0 aromatic heterocycles. The first kappa shape index (κ1) is 15.1. The lowest BCUT2D eigenvalue weighted by atomic mass is 10.1. The maximum Gasteiger partial charge on any atom is 0.315 e. The van der Waals surface area contributed by atoms with E-state index in [0.29, 0.717) is 13.1 Å². The predicted octanol–water partition coefficient (Wildman–Crippen LogP) is 3.35. The Bertz CT molecular complexity index is 590. The van der Waals surface area contributed by atoms with Gasteiger partial charge in [0.15, 0.2) is 0 Å². The topological polar surface area (TPSA) is 41.1 Å². The zero-order chi connectivity index (χ0) is 15.1. The third-order valence-electron chi connectivity index (χ3n) is 3.52. The Balaban J connectivity index is 1.70. The summed E-state index contributed by atoms with van der Waals surface area (Å²) in [6, 6.07) is 16.3. The smallest absolute Gasteiger partial charge is 0.315 e. The molecule has 0 fully saturated rings. The van der Waals surface area contributed by atoms with E-state index in [1.807, 2.05) is 31.2 Å². The lowest BCUT2D eigenvalue weighted by Gasteiger charge is -2.09. The molecule has 0 aliphatic heterocycles. The number of carbonyl (C=O) groups excluding carboxylic acids is 1. The van der Waals surface area contributed by atoms with Crippen molar-refractivity contribution >= 4 is 6.03 Å². The maximum absolute atomic E-state index is 11.7. The Labute approximate surface area is 126 Å². The maximum atomic E-state index is 11.7. The van der Waals surface area contributed by atoms with Crippen LogP contribution in [0.25, 0.3) is 0 Å². The van der Waals surface area contributed by atoms with Crippen molar-refractivity contribution in [1.29, 1.82) is 0 Å². The SMILES string of the molecule is Cc1ccc(CCNC(=O)NCc2ccccc2C)cc1. The lowest BCUT2D eigenvalue weighted by molar-refractivity contribution is 0.240. The van der Waals surface area contributed by atoms with Crippen LogP contribution < -0.4 is 10.6 Å². The third-order valence-corrected chi connectivity index (χ3v) is 3.52. The van der Waals surface area contributed by atoms with Gasteiger partial charge < -0.3 is 10.6 Å². The normalized spacial score (nSPS) is 10.2. The molecule has 0 aliphatic carbocycles. The van der Waals surface area contributed by atoms with Crippen LogP contribution in [0.4, 0.5) is 4.79 Å². The summed E-state index contributed by atoms with van der Waals surface area (Å²) in [5, 5.41) is 5.77. The van der Waals surface area contributed by atoms with Gasteiger partial charge in [-0.3, -0.25) is 0 Å². The van der Waals surface area contributed by atoms with E-state index in [9.17, 15) is 4.79 Å². The fraction of sp³-hybridized carbons (Fsp3) is 0.278.